The lowest BCUT2D eigenvalue weighted by Gasteiger charge is -2.15. The zero-order valence-corrected chi connectivity index (χ0v) is 10.7. The molecule has 0 aliphatic carbocycles. The van der Waals surface area contributed by atoms with Crippen LogP contribution in [0.1, 0.15) is 31.6 Å². The van der Waals surface area contributed by atoms with E-state index < -0.39 is 0 Å². The molecular formula is C14H20N4. The van der Waals surface area contributed by atoms with Crippen LogP contribution in [0.2, 0.25) is 0 Å². The van der Waals surface area contributed by atoms with Gasteiger partial charge in [-0.15, -0.1) is 0 Å². The highest BCUT2D eigenvalue weighted by Crippen LogP contribution is 2.15. The van der Waals surface area contributed by atoms with Crippen molar-refractivity contribution in [2.75, 3.05) is 13.1 Å². The highest BCUT2D eigenvalue weighted by molar-refractivity contribution is 5.74. The van der Waals surface area contributed by atoms with Gasteiger partial charge in [0, 0.05) is 12.6 Å². The maximum absolute atomic E-state index is 4.62. The fourth-order valence-electron chi connectivity index (χ4n) is 2.52. The zero-order chi connectivity index (χ0) is 12.4. The maximum atomic E-state index is 4.62. The minimum Gasteiger partial charge on any atom is -0.341 e. The molecule has 96 valence electrons. The van der Waals surface area contributed by atoms with Crippen LogP contribution in [0.15, 0.2) is 24.3 Å². The van der Waals surface area contributed by atoms with E-state index in [2.05, 4.69) is 33.6 Å². The first-order chi connectivity index (χ1) is 8.83. The summed E-state index contributed by atoms with van der Waals surface area (Å²) in [6.07, 6.45) is 2.57. The number of nitrogens with zero attached hydrogens (tertiary/aromatic N) is 1. The molecule has 3 N–H and O–H groups in total. The summed E-state index contributed by atoms with van der Waals surface area (Å²) in [6, 6.07) is 9.05. The van der Waals surface area contributed by atoms with Gasteiger partial charge in [0.25, 0.3) is 0 Å². The SMILES string of the molecule is CC(NCC1CCCN1)c1nc2ccccc2[nH]1. The van der Waals surface area contributed by atoms with Crippen molar-refractivity contribution >= 4 is 11.0 Å². The van der Waals surface area contributed by atoms with E-state index >= 15 is 0 Å². The summed E-state index contributed by atoms with van der Waals surface area (Å²) in [5.41, 5.74) is 2.15. The number of nitrogens with one attached hydrogen (secondary N) is 3. The number of aromatic amines is 1. The average Bonchev–Trinajstić information content (AvgIpc) is 3.04. The van der Waals surface area contributed by atoms with E-state index in [1.54, 1.807) is 0 Å². The van der Waals surface area contributed by atoms with Gasteiger partial charge in [-0.25, -0.2) is 4.98 Å². The number of para-hydroxylation sites is 2. The van der Waals surface area contributed by atoms with E-state index in [1.165, 1.54) is 12.8 Å². The highest BCUT2D eigenvalue weighted by Gasteiger charge is 2.16. The molecule has 2 aromatic rings. The van der Waals surface area contributed by atoms with E-state index in [0.29, 0.717) is 6.04 Å². The van der Waals surface area contributed by atoms with Crippen LogP contribution in [0.5, 0.6) is 0 Å². The topological polar surface area (TPSA) is 52.7 Å². The van der Waals surface area contributed by atoms with Crippen LogP contribution in [-0.4, -0.2) is 29.1 Å². The number of hydrogen-bond acceptors (Lipinski definition) is 3. The van der Waals surface area contributed by atoms with Crippen molar-refractivity contribution < 1.29 is 0 Å². The van der Waals surface area contributed by atoms with Crippen LogP contribution in [0.25, 0.3) is 11.0 Å². The van der Waals surface area contributed by atoms with Crippen LogP contribution in [0.3, 0.4) is 0 Å². The minimum absolute atomic E-state index is 0.264. The molecule has 0 spiro atoms. The second-order valence-corrected chi connectivity index (χ2v) is 5.06. The van der Waals surface area contributed by atoms with Gasteiger partial charge < -0.3 is 15.6 Å². The Balaban J connectivity index is 1.65. The molecule has 1 aliphatic rings. The molecule has 1 aromatic carbocycles. The molecule has 0 saturated carbocycles. The van der Waals surface area contributed by atoms with E-state index in [-0.39, 0.29) is 6.04 Å². The molecule has 0 amide bonds. The van der Waals surface area contributed by atoms with Gasteiger partial charge in [-0.2, -0.15) is 0 Å². The largest absolute Gasteiger partial charge is 0.341 e. The lowest BCUT2D eigenvalue weighted by atomic mass is 10.2. The first-order valence-corrected chi connectivity index (χ1v) is 6.74. The molecule has 3 rings (SSSR count). The molecule has 4 heteroatoms. The first-order valence-electron chi connectivity index (χ1n) is 6.74. The molecule has 2 heterocycles. The summed E-state index contributed by atoms with van der Waals surface area (Å²) in [5.74, 6) is 1.02. The third kappa shape index (κ3) is 2.40. The van der Waals surface area contributed by atoms with Gasteiger partial charge in [0.1, 0.15) is 5.82 Å². The Labute approximate surface area is 107 Å². The normalized spacial score (nSPS) is 21.5. The summed E-state index contributed by atoms with van der Waals surface area (Å²) in [4.78, 5) is 8.00. The Hall–Kier alpha value is -1.39. The minimum atomic E-state index is 0.264. The molecule has 18 heavy (non-hydrogen) atoms. The number of rotatable bonds is 4. The number of hydrogen-bond donors (Lipinski definition) is 3. The van der Waals surface area contributed by atoms with Gasteiger partial charge in [-0.1, -0.05) is 12.1 Å². The van der Waals surface area contributed by atoms with Crippen LogP contribution < -0.4 is 10.6 Å². The van der Waals surface area contributed by atoms with Gasteiger partial charge in [0.2, 0.25) is 0 Å². The van der Waals surface area contributed by atoms with E-state index in [9.17, 15) is 0 Å². The average molecular weight is 244 g/mol. The summed E-state index contributed by atoms with van der Waals surface area (Å²) in [7, 11) is 0. The molecule has 1 saturated heterocycles. The maximum Gasteiger partial charge on any atom is 0.124 e. The first kappa shape index (κ1) is 11.7. The molecular weight excluding hydrogens is 224 g/mol. The summed E-state index contributed by atoms with van der Waals surface area (Å²) < 4.78 is 0. The Kier molecular flexibility index (Phi) is 3.30. The van der Waals surface area contributed by atoms with Crippen LogP contribution in [0, 0.1) is 0 Å². The molecule has 0 radical (unpaired) electrons. The number of imidazole rings is 1. The Morgan fingerprint density at radius 1 is 1.44 bits per heavy atom. The van der Waals surface area contributed by atoms with E-state index in [0.717, 1.165) is 29.9 Å². The van der Waals surface area contributed by atoms with Gasteiger partial charge >= 0.3 is 0 Å². The molecule has 2 unspecified atom stereocenters. The van der Waals surface area contributed by atoms with Crippen molar-refractivity contribution in [1.82, 2.24) is 20.6 Å². The summed E-state index contributed by atoms with van der Waals surface area (Å²) in [6.45, 7) is 4.33. The second-order valence-electron chi connectivity index (χ2n) is 5.06. The molecule has 1 aromatic heterocycles. The van der Waals surface area contributed by atoms with E-state index in [4.69, 9.17) is 0 Å². The predicted molar refractivity (Wildman–Crippen MR) is 73.5 cm³/mol. The summed E-state index contributed by atoms with van der Waals surface area (Å²) in [5, 5.41) is 7.04. The fraction of sp³-hybridized carbons (Fsp3) is 0.500. The van der Waals surface area contributed by atoms with Crippen molar-refractivity contribution in [2.24, 2.45) is 0 Å². The second kappa shape index (κ2) is 5.08. The van der Waals surface area contributed by atoms with Gasteiger partial charge in [-0.3, -0.25) is 0 Å². The quantitative estimate of drug-likeness (QED) is 0.770. The Morgan fingerprint density at radius 3 is 3.11 bits per heavy atom. The monoisotopic (exact) mass is 244 g/mol. The summed E-state index contributed by atoms with van der Waals surface area (Å²) >= 11 is 0. The molecule has 4 nitrogen and oxygen atoms in total. The Bertz CT molecular complexity index is 480. The van der Waals surface area contributed by atoms with Crippen molar-refractivity contribution in [1.29, 1.82) is 0 Å². The lowest BCUT2D eigenvalue weighted by Crippen LogP contribution is -2.35. The van der Waals surface area contributed by atoms with Gasteiger partial charge in [0.15, 0.2) is 0 Å². The Morgan fingerprint density at radius 2 is 2.33 bits per heavy atom. The van der Waals surface area contributed by atoms with Gasteiger partial charge in [-0.05, 0) is 38.4 Å². The predicted octanol–water partition coefficient (Wildman–Crippen LogP) is 1.97. The van der Waals surface area contributed by atoms with Crippen LogP contribution in [0.4, 0.5) is 0 Å². The molecule has 1 fully saturated rings. The van der Waals surface area contributed by atoms with Crippen LogP contribution in [-0.2, 0) is 0 Å². The van der Waals surface area contributed by atoms with Gasteiger partial charge in [0.05, 0.1) is 17.1 Å². The zero-order valence-electron chi connectivity index (χ0n) is 10.7. The van der Waals surface area contributed by atoms with Crippen LogP contribution >= 0.6 is 0 Å². The van der Waals surface area contributed by atoms with Crippen molar-refractivity contribution in [2.45, 2.75) is 31.8 Å². The van der Waals surface area contributed by atoms with Crippen molar-refractivity contribution in [3.63, 3.8) is 0 Å². The lowest BCUT2D eigenvalue weighted by molar-refractivity contribution is 0.480. The number of fused-ring (bicyclic) bond motifs is 1. The van der Waals surface area contributed by atoms with Crippen molar-refractivity contribution in [3.05, 3.63) is 30.1 Å². The highest BCUT2D eigenvalue weighted by atomic mass is 15.1. The molecule has 1 aliphatic heterocycles. The molecule has 0 bridgehead atoms. The standard InChI is InChI=1S/C14H20N4/c1-10(16-9-11-5-4-8-15-11)14-17-12-6-2-3-7-13(12)18-14/h2-3,6-7,10-11,15-16H,4-5,8-9H2,1H3,(H,17,18). The van der Waals surface area contributed by atoms with E-state index in [1.807, 2.05) is 18.2 Å². The third-order valence-electron chi connectivity index (χ3n) is 3.65. The fourth-order valence-corrected chi connectivity index (χ4v) is 2.52. The third-order valence-corrected chi connectivity index (χ3v) is 3.65. The van der Waals surface area contributed by atoms with Crippen molar-refractivity contribution in [3.8, 4) is 0 Å². The molecule has 2 atom stereocenters. The number of benzene rings is 1. The number of H-pyrrole nitrogens is 1. The number of aromatic nitrogens is 2. The smallest absolute Gasteiger partial charge is 0.124 e.